The first-order chi connectivity index (χ1) is 13.5. The molecule has 1 amide bonds. The highest BCUT2D eigenvalue weighted by Crippen LogP contribution is 2.31. The van der Waals surface area contributed by atoms with Crippen LogP contribution in [0.1, 0.15) is 34.0 Å². The highest BCUT2D eigenvalue weighted by atomic mass is 35.5. The van der Waals surface area contributed by atoms with Crippen LogP contribution in [0.2, 0.25) is 5.02 Å². The first kappa shape index (κ1) is 19.5. The quantitative estimate of drug-likeness (QED) is 0.657. The number of nitrogens with two attached hydrogens (primary N) is 1. The van der Waals surface area contributed by atoms with E-state index in [1.165, 1.54) is 6.20 Å². The van der Waals surface area contributed by atoms with Crippen LogP contribution >= 0.6 is 11.6 Å². The van der Waals surface area contributed by atoms with Gasteiger partial charge in [0.25, 0.3) is 5.91 Å². The van der Waals surface area contributed by atoms with Crippen molar-refractivity contribution in [3.63, 3.8) is 0 Å². The maximum atomic E-state index is 12.0. The molecule has 2 aromatic carbocycles. The van der Waals surface area contributed by atoms with Crippen molar-refractivity contribution >= 4 is 34.1 Å². The minimum absolute atomic E-state index is 0.268. The fourth-order valence-corrected chi connectivity index (χ4v) is 3.38. The fraction of sp³-hybridized carbons (Fsp3) is 0.190. The van der Waals surface area contributed by atoms with Gasteiger partial charge < -0.3 is 15.8 Å². The Balaban J connectivity index is 2.09. The molecule has 0 aliphatic rings. The Kier molecular flexibility index (Phi) is 5.67. The average Bonchev–Trinajstić information content (AvgIpc) is 2.70. The summed E-state index contributed by atoms with van der Waals surface area (Å²) in [6.45, 7) is 2.40. The molecule has 3 rings (SSSR count). The molecule has 1 heterocycles. The fourth-order valence-electron chi connectivity index (χ4n) is 3.10. The van der Waals surface area contributed by atoms with Crippen molar-refractivity contribution in [1.29, 1.82) is 5.26 Å². The first-order valence-electron chi connectivity index (χ1n) is 8.70. The lowest BCUT2D eigenvalue weighted by molar-refractivity contribution is 0.100. The summed E-state index contributed by atoms with van der Waals surface area (Å²) in [4.78, 5) is 16.4. The third kappa shape index (κ3) is 3.71. The van der Waals surface area contributed by atoms with E-state index in [2.05, 4.69) is 16.4 Å². The summed E-state index contributed by atoms with van der Waals surface area (Å²) in [5.41, 5.74) is 9.45. The molecule has 0 aliphatic carbocycles. The van der Waals surface area contributed by atoms with Crippen molar-refractivity contribution in [1.82, 2.24) is 4.98 Å². The molecule has 0 fully saturated rings. The molecule has 0 atom stereocenters. The second-order valence-corrected chi connectivity index (χ2v) is 6.64. The molecule has 142 valence electrons. The summed E-state index contributed by atoms with van der Waals surface area (Å²) >= 11 is 6.19. The van der Waals surface area contributed by atoms with Gasteiger partial charge in [0, 0.05) is 18.1 Å². The number of aryl methyl sites for hydroxylation is 1. The van der Waals surface area contributed by atoms with Crippen LogP contribution in [0.4, 0.5) is 5.69 Å². The number of nitrogens with zero attached hydrogens (tertiary/aromatic N) is 2. The Morgan fingerprint density at radius 1 is 1.36 bits per heavy atom. The van der Waals surface area contributed by atoms with Crippen LogP contribution < -0.4 is 15.8 Å². The number of primary amides is 1. The molecule has 0 aliphatic heterocycles. The van der Waals surface area contributed by atoms with E-state index in [0.717, 1.165) is 16.6 Å². The Morgan fingerprint density at radius 3 is 2.75 bits per heavy atom. The number of halogens is 1. The molecule has 7 heteroatoms. The Bertz CT molecular complexity index is 1110. The lowest BCUT2D eigenvalue weighted by Gasteiger charge is -2.15. The molecular formula is C21H19ClN4O2. The van der Waals surface area contributed by atoms with E-state index in [0.29, 0.717) is 40.4 Å². The molecule has 0 radical (unpaired) electrons. The van der Waals surface area contributed by atoms with E-state index in [9.17, 15) is 10.1 Å². The van der Waals surface area contributed by atoms with E-state index in [-0.39, 0.29) is 5.56 Å². The molecule has 1 aromatic heterocycles. The zero-order valence-electron chi connectivity index (χ0n) is 15.5. The standard InChI is InChI=1S/C21H19ClN4O2/c1-3-14-6-13(9-23)7-15-19(14)26-11-16(21(24)27)20(15)25-10-12-4-5-18(28-2)17(22)8-12/h4-8,11H,3,10H2,1-2H3,(H2,24,27)(H,25,26). The number of aromatic nitrogens is 1. The topological polar surface area (TPSA) is 101 Å². The van der Waals surface area contributed by atoms with Crippen LogP contribution in [0, 0.1) is 11.3 Å². The molecule has 0 unspecified atom stereocenters. The molecule has 3 N–H and O–H groups in total. The Hall–Kier alpha value is -3.30. The highest BCUT2D eigenvalue weighted by molar-refractivity contribution is 6.32. The minimum atomic E-state index is -0.593. The van der Waals surface area contributed by atoms with Crippen LogP contribution in [0.3, 0.4) is 0 Å². The van der Waals surface area contributed by atoms with E-state index in [1.807, 2.05) is 19.1 Å². The van der Waals surface area contributed by atoms with Gasteiger partial charge in [-0.05, 0) is 41.8 Å². The van der Waals surface area contributed by atoms with Gasteiger partial charge in [-0.3, -0.25) is 9.78 Å². The maximum absolute atomic E-state index is 12.0. The Morgan fingerprint density at radius 2 is 2.14 bits per heavy atom. The van der Waals surface area contributed by atoms with Crippen molar-refractivity contribution in [2.45, 2.75) is 19.9 Å². The van der Waals surface area contributed by atoms with Crippen molar-refractivity contribution in [2.24, 2.45) is 5.73 Å². The van der Waals surface area contributed by atoms with Crippen molar-refractivity contribution < 1.29 is 9.53 Å². The number of pyridine rings is 1. The molecule has 6 nitrogen and oxygen atoms in total. The number of methoxy groups -OCH3 is 1. The smallest absolute Gasteiger partial charge is 0.252 e. The van der Waals surface area contributed by atoms with Gasteiger partial charge in [-0.15, -0.1) is 0 Å². The summed E-state index contributed by atoms with van der Waals surface area (Å²) in [5, 5.41) is 13.8. The molecule has 0 spiro atoms. The number of carbonyl (C=O) groups is 1. The predicted octanol–water partition coefficient (Wildman–Crippen LogP) is 4.04. The number of anilines is 1. The van der Waals surface area contributed by atoms with Gasteiger partial charge in [-0.2, -0.15) is 5.26 Å². The number of ether oxygens (including phenoxy) is 1. The van der Waals surface area contributed by atoms with Gasteiger partial charge in [-0.1, -0.05) is 24.6 Å². The lowest BCUT2D eigenvalue weighted by Crippen LogP contribution is -2.15. The van der Waals surface area contributed by atoms with E-state index in [4.69, 9.17) is 22.1 Å². The third-order valence-electron chi connectivity index (χ3n) is 4.51. The van der Waals surface area contributed by atoms with Gasteiger partial charge in [0.15, 0.2) is 0 Å². The number of hydrogen-bond donors (Lipinski definition) is 2. The van der Waals surface area contributed by atoms with E-state index < -0.39 is 5.91 Å². The summed E-state index contributed by atoms with van der Waals surface area (Å²) < 4.78 is 5.17. The van der Waals surface area contributed by atoms with Crippen LogP contribution in [0.25, 0.3) is 10.9 Å². The predicted molar refractivity (Wildman–Crippen MR) is 110 cm³/mol. The van der Waals surface area contributed by atoms with Gasteiger partial charge >= 0.3 is 0 Å². The van der Waals surface area contributed by atoms with Gasteiger partial charge in [-0.25, -0.2) is 0 Å². The van der Waals surface area contributed by atoms with Crippen molar-refractivity contribution in [2.75, 3.05) is 12.4 Å². The van der Waals surface area contributed by atoms with Gasteiger partial charge in [0.2, 0.25) is 0 Å². The zero-order valence-corrected chi connectivity index (χ0v) is 16.3. The van der Waals surface area contributed by atoms with Crippen LogP contribution in [0.5, 0.6) is 5.75 Å². The first-order valence-corrected chi connectivity index (χ1v) is 9.08. The normalized spacial score (nSPS) is 10.5. The van der Waals surface area contributed by atoms with E-state index >= 15 is 0 Å². The van der Waals surface area contributed by atoms with Crippen LogP contribution in [-0.2, 0) is 13.0 Å². The second-order valence-electron chi connectivity index (χ2n) is 6.23. The second kappa shape index (κ2) is 8.15. The number of carbonyl (C=O) groups excluding carboxylic acids is 1. The summed E-state index contributed by atoms with van der Waals surface area (Å²) in [7, 11) is 1.56. The third-order valence-corrected chi connectivity index (χ3v) is 4.81. The largest absolute Gasteiger partial charge is 0.495 e. The van der Waals surface area contributed by atoms with Crippen LogP contribution in [0.15, 0.2) is 36.5 Å². The number of nitriles is 1. The molecule has 0 bridgehead atoms. The van der Waals surface area contributed by atoms with Crippen molar-refractivity contribution in [3.8, 4) is 11.8 Å². The molecule has 3 aromatic rings. The molecule has 0 saturated carbocycles. The minimum Gasteiger partial charge on any atom is -0.495 e. The number of rotatable bonds is 6. The lowest BCUT2D eigenvalue weighted by atomic mass is 10.0. The summed E-state index contributed by atoms with van der Waals surface area (Å²) in [5.74, 6) is -0.00563. The van der Waals surface area contributed by atoms with Gasteiger partial charge in [0.1, 0.15) is 5.75 Å². The monoisotopic (exact) mass is 394 g/mol. The number of nitrogens with one attached hydrogen (secondary N) is 1. The summed E-state index contributed by atoms with van der Waals surface area (Å²) in [6, 6.07) is 11.1. The SMILES string of the molecule is CCc1cc(C#N)cc2c(NCc3ccc(OC)c(Cl)c3)c(C(N)=O)cnc12. The number of hydrogen-bond acceptors (Lipinski definition) is 5. The summed E-state index contributed by atoms with van der Waals surface area (Å²) in [6.07, 6.45) is 2.18. The van der Waals surface area contributed by atoms with Gasteiger partial charge in [0.05, 0.1) is 40.5 Å². The van der Waals surface area contributed by atoms with E-state index in [1.54, 1.807) is 25.3 Å². The molecular weight excluding hydrogens is 376 g/mol. The molecule has 28 heavy (non-hydrogen) atoms. The number of amides is 1. The average molecular weight is 395 g/mol. The molecule has 0 saturated heterocycles. The van der Waals surface area contributed by atoms with Crippen molar-refractivity contribution in [3.05, 3.63) is 63.8 Å². The Labute approximate surface area is 167 Å². The zero-order chi connectivity index (χ0) is 20.3. The number of fused-ring (bicyclic) bond motifs is 1. The maximum Gasteiger partial charge on any atom is 0.252 e. The number of benzene rings is 2. The van der Waals surface area contributed by atoms with Crippen LogP contribution in [-0.4, -0.2) is 18.0 Å². The highest BCUT2D eigenvalue weighted by Gasteiger charge is 2.16.